The zero-order valence-electron chi connectivity index (χ0n) is 14.3. The molecule has 1 heterocycles. The van der Waals surface area contributed by atoms with Gasteiger partial charge in [-0.25, -0.2) is 0 Å². The molecule has 24 heavy (non-hydrogen) atoms. The number of halogens is 1. The Morgan fingerprint density at radius 3 is 2.71 bits per heavy atom. The van der Waals surface area contributed by atoms with E-state index in [-0.39, 0.29) is 18.6 Å². The SMILES string of the molecule is CCC(CCO)NC(=O)c1c(C)nn(Cc2ccccc2Cl)c1C. The van der Waals surface area contributed by atoms with Crippen LogP contribution in [0.2, 0.25) is 5.02 Å². The maximum atomic E-state index is 12.6. The number of benzene rings is 1. The molecule has 1 atom stereocenters. The summed E-state index contributed by atoms with van der Waals surface area (Å²) in [5.41, 5.74) is 3.06. The Bertz CT molecular complexity index is 712. The number of carbonyl (C=O) groups is 1. The summed E-state index contributed by atoms with van der Waals surface area (Å²) in [7, 11) is 0. The van der Waals surface area contributed by atoms with Crippen molar-refractivity contribution in [3.8, 4) is 0 Å². The molecular formula is C18H24ClN3O2. The molecule has 0 spiro atoms. The van der Waals surface area contributed by atoms with Crippen LogP contribution >= 0.6 is 11.6 Å². The molecular weight excluding hydrogens is 326 g/mol. The molecule has 0 saturated carbocycles. The lowest BCUT2D eigenvalue weighted by Crippen LogP contribution is -2.35. The first-order valence-corrected chi connectivity index (χ1v) is 8.54. The zero-order chi connectivity index (χ0) is 17.7. The summed E-state index contributed by atoms with van der Waals surface area (Å²) in [5.74, 6) is -0.143. The van der Waals surface area contributed by atoms with Gasteiger partial charge in [0.15, 0.2) is 0 Å². The third-order valence-corrected chi connectivity index (χ3v) is 4.56. The average Bonchev–Trinajstić information content (AvgIpc) is 2.83. The van der Waals surface area contributed by atoms with Crippen LogP contribution in [-0.4, -0.2) is 33.4 Å². The van der Waals surface area contributed by atoms with Gasteiger partial charge in [0.1, 0.15) is 0 Å². The largest absolute Gasteiger partial charge is 0.396 e. The molecule has 1 aromatic carbocycles. The minimum absolute atomic E-state index is 0.0341. The van der Waals surface area contributed by atoms with Gasteiger partial charge in [0.05, 0.1) is 17.8 Å². The van der Waals surface area contributed by atoms with Gasteiger partial charge in [-0.1, -0.05) is 36.7 Å². The van der Waals surface area contributed by atoms with E-state index in [4.69, 9.17) is 16.7 Å². The van der Waals surface area contributed by atoms with Gasteiger partial charge in [0, 0.05) is 23.4 Å². The van der Waals surface area contributed by atoms with Crippen molar-refractivity contribution < 1.29 is 9.90 Å². The van der Waals surface area contributed by atoms with E-state index in [1.54, 1.807) is 4.68 Å². The number of aromatic nitrogens is 2. The first-order chi connectivity index (χ1) is 11.5. The summed E-state index contributed by atoms with van der Waals surface area (Å²) in [6, 6.07) is 7.58. The molecule has 0 saturated heterocycles. The topological polar surface area (TPSA) is 67.2 Å². The maximum absolute atomic E-state index is 12.6. The molecule has 0 aliphatic heterocycles. The van der Waals surface area contributed by atoms with Crippen LogP contribution < -0.4 is 5.32 Å². The summed E-state index contributed by atoms with van der Waals surface area (Å²) in [6.45, 7) is 6.29. The molecule has 0 aliphatic rings. The van der Waals surface area contributed by atoms with Crippen LogP contribution in [0.15, 0.2) is 24.3 Å². The Balaban J connectivity index is 2.22. The molecule has 0 aliphatic carbocycles. The Kier molecular flexibility index (Phi) is 6.40. The van der Waals surface area contributed by atoms with E-state index < -0.39 is 0 Å². The van der Waals surface area contributed by atoms with Crippen LogP contribution in [0.5, 0.6) is 0 Å². The highest BCUT2D eigenvalue weighted by atomic mass is 35.5. The van der Waals surface area contributed by atoms with E-state index in [0.29, 0.717) is 29.2 Å². The van der Waals surface area contributed by atoms with Crippen LogP contribution in [0.25, 0.3) is 0 Å². The van der Waals surface area contributed by atoms with E-state index in [1.807, 2.05) is 45.0 Å². The number of aliphatic hydroxyl groups excluding tert-OH is 1. The third-order valence-electron chi connectivity index (χ3n) is 4.19. The van der Waals surface area contributed by atoms with Crippen LogP contribution in [0.3, 0.4) is 0 Å². The quantitative estimate of drug-likeness (QED) is 0.807. The van der Waals surface area contributed by atoms with Crippen molar-refractivity contribution in [2.75, 3.05) is 6.61 Å². The molecule has 2 rings (SSSR count). The number of carbonyl (C=O) groups excluding carboxylic acids is 1. The number of hydrogen-bond donors (Lipinski definition) is 2. The van der Waals surface area contributed by atoms with Crippen molar-refractivity contribution in [1.82, 2.24) is 15.1 Å². The molecule has 6 heteroatoms. The minimum atomic E-state index is -0.143. The molecule has 0 fully saturated rings. The van der Waals surface area contributed by atoms with E-state index in [1.165, 1.54) is 0 Å². The third kappa shape index (κ3) is 4.16. The number of aliphatic hydroxyl groups is 1. The zero-order valence-corrected chi connectivity index (χ0v) is 15.1. The van der Waals surface area contributed by atoms with Crippen molar-refractivity contribution in [3.05, 3.63) is 51.8 Å². The van der Waals surface area contributed by atoms with Gasteiger partial charge in [0.25, 0.3) is 5.91 Å². The predicted molar refractivity (Wildman–Crippen MR) is 95.5 cm³/mol. The maximum Gasteiger partial charge on any atom is 0.255 e. The van der Waals surface area contributed by atoms with Crippen LogP contribution in [0.1, 0.15) is 47.1 Å². The lowest BCUT2D eigenvalue weighted by Gasteiger charge is -2.16. The second-order valence-electron chi connectivity index (χ2n) is 5.89. The van der Waals surface area contributed by atoms with E-state index in [2.05, 4.69) is 10.4 Å². The first kappa shape index (κ1) is 18.5. The van der Waals surface area contributed by atoms with Crippen molar-refractivity contribution in [1.29, 1.82) is 0 Å². The lowest BCUT2D eigenvalue weighted by atomic mass is 10.1. The van der Waals surface area contributed by atoms with Crippen LogP contribution in [-0.2, 0) is 6.54 Å². The van der Waals surface area contributed by atoms with Gasteiger partial charge >= 0.3 is 0 Å². The monoisotopic (exact) mass is 349 g/mol. The highest BCUT2D eigenvalue weighted by Gasteiger charge is 2.21. The van der Waals surface area contributed by atoms with Gasteiger partial charge < -0.3 is 10.4 Å². The van der Waals surface area contributed by atoms with Crippen molar-refractivity contribution >= 4 is 17.5 Å². The number of rotatable bonds is 7. The standard InChI is InChI=1S/C18H24ClN3O2/c1-4-15(9-10-23)20-18(24)17-12(2)21-22(13(17)3)11-14-7-5-6-8-16(14)19/h5-8,15,23H,4,9-11H2,1-3H3,(H,20,24). The predicted octanol–water partition coefficient (Wildman–Crippen LogP) is 3.09. The highest BCUT2D eigenvalue weighted by molar-refractivity contribution is 6.31. The number of nitrogens with one attached hydrogen (secondary N) is 1. The van der Waals surface area contributed by atoms with Crippen molar-refractivity contribution in [2.45, 2.75) is 46.2 Å². The average molecular weight is 350 g/mol. The van der Waals surface area contributed by atoms with Gasteiger partial charge in [-0.3, -0.25) is 9.48 Å². The summed E-state index contributed by atoms with van der Waals surface area (Å²) in [6.07, 6.45) is 1.33. The molecule has 2 N–H and O–H groups in total. The number of nitrogens with zero attached hydrogens (tertiary/aromatic N) is 2. The van der Waals surface area contributed by atoms with Gasteiger partial charge in [-0.05, 0) is 38.3 Å². The Hall–Kier alpha value is -1.85. The molecule has 0 radical (unpaired) electrons. The van der Waals surface area contributed by atoms with E-state index >= 15 is 0 Å². The molecule has 130 valence electrons. The summed E-state index contributed by atoms with van der Waals surface area (Å²) in [5, 5.41) is 17.2. The van der Waals surface area contributed by atoms with Gasteiger partial charge in [-0.15, -0.1) is 0 Å². The fraction of sp³-hybridized carbons (Fsp3) is 0.444. The van der Waals surface area contributed by atoms with Gasteiger partial charge in [-0.2, -0.15) is 5.10 Å². The molecule has 1 unspecified atom stereocenters. The summed E-state index contributed by atoms with van der Waals surface area (Å²) in [4.78, 5) is 12.6. The normalized spacial score (nSPS) is 12.2. The second kappa shape index (κ2) is 8.31. The smallest absolute Gasteiger partial charge is 0.255 e. The van der Waals surface area contributed by atoms with Crippen LogP contribution in [0.4, 0.5) is 0 Å². The van der Waals surface area contributed by atoms with Gasteiger partial charge in [0.2, 0.25) is 0 Å². The summed E-state index contributed by atoms with van der Waals surface area (Å²) < 4.78 is 1.80. The Labute approximate surface area is 147 Å². The number of amides is 1. The number of hydrogen-bond acceptors (Lipinski definition) is 3. The molecule has 0 bridgehead atoms. The Morgan fingerprint density at radius 1 is 1.38 bits per heavy atom. The van der Waals surface area contributed by atoms with Crippen molar-refractivity contribution in [3.63, 3.8) is 0 Å². The molecule has 5 nitrogen and oxygen atoms in total. The first-order valence-electron chi connectivity index (χ1n) is 8.17. The lowest BCUT2D eigenvalue weighted by molar-refractivity contribution is 0.0928. The molecule has 2 aromatic rings. The molecule has 1 amide bonds. The minimum Gasteiger partial charge on any atom is -0.396 e. The Morgan fingerprint density at radius 2 is 2.08 bits per heavy atom. The highest BCUT2D eigenvalue weighted by Crippen LogP contribution is 2.19. The fourth-order valence-electron chi connectivity index (χ4n) is 2.76. The second-order valence-corrected chi connectivity index (χ2v) is 6.29. The summed E-state index contributed by atoms with van der Waals surface area (Å²) >= 11 is 6.21. The van der Waals surface area contributed by atoms with Crippen molar-refractivity contribution in [2.24, 2.45) is 0 Å². The van der Waals surface area contributed by atoms with E-state index in [9.17, 15) is 4.79 Å². The van der Waals surface area contributed by atoms with E-state index in [0.717, 1.165) is 17.7 Å². The van der Waals surface area contributed by atoms with Crippen LogP contribution in [0, 0.1) is 13.8 Å². The number of aryl methyl sites for hydroxylation is 1. The fourth-order valence-corrected chi connectivity index (χ4v) is 2.95. The molecule has 1 aromatic heterocycles.